The van der Waals surface area contributed by atoms with Crippen LogP contribution in [0.4, 0.5) is 0 Å². The zero-order chi connectivity index (χ0) is 15.4. The van der Waals surface area contributed by atoms with E-state index in [9.17, 15) is 0 Å². The van der Waals surface area contributed by atoms with Crippen molar-refractivity contribution in [3.05, 3.63) is 51.3 Å². The monoisotopic (exact) mass is 325 g/mol. The topological polar surface area (TPSA) is 43.8 Å². The summed E-state index contributed by atoms with van der Waals surface area (Å²) in [5.41, 5.74) is 9.70. The molecule has 1 atom stereocenters. The minimum atomic E-state index is 0.0361. The van der Waals surface area contributed by atoms with Crippen molar-refractivity contribution in [3.63, 3.8) is 0 Å². The van der Waals surface area contributed by atoms with Gasteiger partial charge in [-0.25, -0.2) is 0 Å². The van der Waals surface area contributed by atoms with E-state index in [1.807, 2.05) is 22.9 Å². The molecule has 0 amide bonds. The minimum absolute atomic E-state index is 0.0361. The fourth-order valence-electron chi connectivity index (χ4n) is 2.44. The largest absolute Gasteiger partial charge is 0.327 e. The first-order valence-electron chi connectivity index (χ1n) is 7.28. The van der Waals surface area contributed by atoms with Crippen molar-refractivity contribution in [1.82, 2.24) is 9.78 Å². The quantitative estimate of drug-likeness (QED) is 0.875. The molecule has 5 heteroatoms. The number of rotatable bonds is 6. The molecule has 1 aromatic heterocycles. The highest BCUT2D eigenvalue weighted by molar-refractivity contribution is 6.42. The predicted octanol–water partition coefficient (Wildman–Crippen LogP) is 3.88. The molecule has 1 heterocycles. The van der Waals surface area contributed by atoms with Crippen LogP contribution >= 0.6 is 23.2 Å². The maximum atomic E-state index is 6.28. The van der Waals surface area contributed by atoms with Crippen LogP contribution in [0.25, 0.3) is 0 Å². The molecule has 0 spiro atoms. The molecular formula is C16H21Cl2N3. The molecule has 0 saturated carbocycles. The average molecular weight is 326 g/mol. The van der Waals surface area contributed by atoms with E-state index in [1.54, 1.807) is 0 Å². The Morgan fingerprint density at radius 1 is 1.14 bits per heavy atom. The van der Waals surface area contributed by atoms with Crippen LogP contribution in [-0.4, -0.2) is 15.8 Å². The van der Waals surface area contributed by atoms with Crippen molar-refractivity contribution in [2.45, 2.75) is 45.7 Å². The van der Waals surface area contributed by atoms with Crippen LogP contribution in [0.5, 0.6) is 0 Å². The lowest BCUT2D eigenvalue weighted by Gasteiger charge is -2.13. The van der Waals surface area contributed by atoms with E-state index in [1.165, 1.54) is 5.69 Å². The van der Waals surface area contributed by atoms with Gasteiger partial charge in [-0.15, -0.1) is 0 Å². The highest BCUT2D eigenvalue weighted by atomic mass is 35.5. The fraction of sp³-hybridized carbons (Fsp3) is 0.438. The summed E-state index contributed by atoms with van der Waals surface area (Å²) < 4.78 is 2.04. The summed E-state index contributed by atoms with van der Waals surface area (Å²) in [6.45, 7) is 5.08. The fourth-order valence-corrected chi connectivity index (χ4v) is 2.76. The van der Waals surface area contributed by atoms with Gasteiger partial charge >= 0.3 is 0 Å². The van der Waals surface area contributed by atoms with Crippen molar-refractivity contribution in [3.8, 4) is 0 Å². The Kier molecular flexibility index (Phi) is 5.68. The second-order valence-electron chi connectivity index (χ2n) is 5.21. The van der Waals surface area contributed by atoms with Crippen LogP contribution in [0.15, 0.2) is 24.3 Å². The Morgan fingerprint density at radius 2 is 1.90 bits per heavy atom. The number of aryl methyl sites for hydroxylation is 2. The van der Waals surface area contributed by atoms with Crippen LogP contribution in [0.3, 0.4) is 0 Å². The molecule has 21 heavy (non-hydrogen) atoms. The molecule has 0 bridgehead atoms. The van der Waals surface area contributed by atoms with E-state index in [2.05, 4.69) is 25.0 Å². The van der Waals surface area contributed by atoms with Gasteiger partial charge in [-0.2, -0.15) is 5.10 Å². The molecule has 0 aliphatic carbocycles. The summed E-state index contributed by atoms with van der Waals surface area (Å²) in [7, 11) is 0. The second-order valence-corrected chi connectivity index (χ2v) is 6.03. The maximum Gasteiger partial charge on any atom is 0.0624 e. The number of nitrogens with two attached hydrogens (primary N) is 1. The van der Waals surface area contributed by atoms with Crippen molar-refractivity contribution in [2.24, 2.45) is 5.73 Å². The average Bonchev–Trinajstić information content (AvgIpc) is 2.85. The first kappa shape index (κ1) is 16.3. The van der Waals surface area contributed by atoms with Crippen molar-refractivity contribution >= 4 is 23.2 Å². The van der Waals surface area contributed by atoms with Gasteiger partial charge in [0.25, 0.3) is 0 Å². The van der Waals surface area contributed by atoms with Crippen LogP contribution in [-0.2, 0) is 25.8 Å². The molecule has 0 aliphatic rings. The molecule has 0 radical (unpaired) electrons. The molecule has 0 saturated heterocycles. The Hall–Kier alpha value is -1.03. The zero-order valence-electron chi connectivity index (χ0n) is 12.4. The first-order chi connectivity index (χ1) is 10.0. The van der Waals surface area contributed by atoms with E-state index >= 15 is 0 Å². The SMILES string of the molecule is CCc1cc(CC(N)Cc2ccc(Cl)c(Cl)c2)n(CC)n1. The highest BCUT2D eigenvalue weighted by Crippen LogP contribution is 2.23. The maximum absolute atomic E-state index is 6.28. The molecule has 114 valence electrons. The molecule has 2 aromatic rings. The molecule has 2 N–H and O–H groups in total. The van der Waals surface area contributed by atoms with E-state index in [0.29, 0.717) is 10.0 Å². The Labute approximate surface area is 136 Å². The molecule has 1 aromatic carbocycles. The van der Waals surface area contributed by atoms with E-state index in [-0.39, 0.29) is 6.04 Å². The summed E-state index contributed by atoms with van der Waals surface area (Å²) in [4.78, 5) is 0. The zero-order valence-corrected chi connectivity index (χ0v) is 14.0. The Balaban J connectivity index is 2.05. The van der Waals surface area contributed by atoms with Gasteiger partial charge in [0.05, 0.1) is 15.7 Å². The molecular weight excluding hydrogens is 305 g/mol. The number of hydrogen-bond acceptors (Lipinski definition) is 2. The first-order valence-corrected chi connectivity index (χ1v) is 8.04. The number of halogens is 2. The van der Waals surface area contributed by atoms with Gasteiger partial charge in [0.1, 0.15) is 0 Å². The van der Waals surface area contributed by atoms with Gasteiger partial charge < -0.3 is 5.73 Å². The standard InChI is InChI=1S/C16H21Cl2N3/c1-3-13-10-14(21(4-2)20-13)9-12(19)7-11-5-6-15(17)16(18)8-11/h5-6,8,10,12H,3-4,7,9,19H2,1-2H3. The number of aromatic nitrogens is 2. The number of nitrogens with zero attached hydrogens (tertiary/aromatic N) is 2. The van der Waals surface area contributed by atoms with E-state index in [4.69, 9.17) is 28.9 Å². The van der Waals surface area contributed by atoms with E-state index in [0.717, 1.165) is 37.1 Å². The molecule has 3 nitrogen and oxygen atoms in total. The van der Waals surface area contributed by atoms with Crippen molar-refractivity contribution in [1.29, 1.82) is 0 Å². The Bertz CT molecular complexity index is 608. The van der Waals surface area contributed by atoms with Gasteiger partial charge in [0, 0.05) is 24.7 Å². The van der Waals surface area contributed by atoms with Crippen molar-refractivity contribution < 1.29 is 0 Å². The summed E-state index contributed by atoms with van der Waals surface area (Å²) in [5.74, 6) is 0. The molecule has 2 rings (SSSR count). The molecule has 0 fully saturated rings. The number of hydrogen-bond donors (Lipinski definition) is 1. The lowest BCUT2D eigenvalue weighted by Crippen LogP contribution is -2.26. The third-order valence-electron chi connectivity index (χ3n) is 3.53. The Morgan fingerprint density at radius 3 is 2.52 bits per heavy atom. The smallest absolute Gasteiger partial charge is 0.0624 e. The van der Waals surface area contributed by atoms with Crippen LogP contribution < -0.4 is 5.73 Å². The number of benzene rings is 1. The molecule has 0 aliphatic heterocycles. The minimum Gasteiger partial charge on any atom is -0.327 e. The summed E-state index contributed by atoms with van der Waals surface area (Å²) in [5, 5.41) is 5.71. The van der Waals surface area contributed by atoms with Gasteiger partial charge in [-0.1, -0.05) is 36.2 Å². The normalized spacial score (nSPS) is 12.6. The predicted molar refractivity (Wildman–Crippen MR) is 89.1 cm³/mol. The van der Waals surface area contributed by atoms with Crippen LogP contribution in [0.1, 0.15) is 30.8 Å². The van der Waals surface area contributed by atoms with Crippen LogP contribution in [0.2, 0.25) is 10.0 Å². The van der Waals surface area contributed by atoms with Crippen LogP contribution in [0, 0.1) is 0 Å². The van der Waals surface area contributed by atoms with E-state index < -0.39 is 0 Å². The van der Waals surface area contributed by atoms with Gasteiger partial charge in [0.15, 0.2) is 0 Å². The van der Waals surface area contributed by atoms with Gasteiger partial charge in [-0.05, 0) is 43.5 Å². The lowest BCUT2D eigenvalue weighted by atomic mass is 10.0. The second kappa shape index (κ2) is 7.30. The molecule has 1 unspecified atom stereocenters. The third kappa shape index (κ3) is 4.22. The third-order valence-corrected chi connectivity index (χ3v) is 4.27. The van der Waals surface area contributed by atoms with Crippen molar-refractivity contribution in [2.75, 3.05) is 0 Å². The van der Waals surface area contributed by atoms with Gasteiger partial charge in [-0.3, -0.25) is 4.68 Å². The summed E-state index contributed by atoms with van der Waals surface area (Å²) >= 11 is 12.0. The highest BCUT2D eigenvalue weighted by Gasteiger charge is 2.12. The van der Waals surface area contributed by atoms with Gasteiger partial charge in [0.2, 0.25) is 0 Å². The summed E-state index contributed by atoms with van der Waals surface area (Å²) in [6, 6.07) is 7.87. The summed E-state index contributed by atoms with van der Waals surface area (Å²) in [6.07, 6.45) is 2.52. The lowest BCUT2D eigenvalue weighted by molar-refractivity contribution is 0.573.